The number of thiocarbonyl (C=S) groups is 1. The Bertz CT molecular complexity index is 987. The number of pyridine rings is 2. The number of ether oxygens (including phenoxy) is 1. The molecule has 6 nitrogen and oxygen atoms in total. The minimum atomic E-state index is -0.0273. The number of hydrogen-bond donors (Lipinski definition) is 1. The zero-order valence-electron chi connectivity index (χ0n) is 16.7. The van der Waals surface area contributed by atoms with Gasteiger partial charge in [-0.25, -0.2) is 0 Å². The van der Waals surface area contributed by atoms with Gasteiger partial charge in [-0.15, -0.1) is 0 Å². The van der Waals surface area contributed by atoms with Crippen molar-refractivity contribution in [3.8, 4) is 0 Å². The van der Waals surface area contributed by atoms with E-state index in [1.165, 1.54) is 5.69 Å². The van der Waals surface area contributed by atoms with E-state index >= 15 is 0 Å². The molecule has 3 atom stereocenters. The van der Waals surface area contributed by atoms with E-state index in [0.717, 1.165) is 42.5 Å². The first-order valence-electron chi connectivity index (χ1n) is 10.4. The molecule has 5 heterocycles. The van der Waals surface area contributed by atoms with Gasteiger partial charge in [-0.3, -0.25) is 9.97 Å². The van der Waals surface area contributed by atoms with Crippen LogP contribution < -0.4 is 5.32 Å². The lowest BCUT2D eigenvalue weighted by Gasteiger charge is -2.29. The standard InChI is InChI=1S/C23H25N5OS/c30-23-26-21(19-9-2-4-12-25-19)22(28(23)15-17-7-1-3-11-24-17)20-10-5-13-27(20)16-18-8-6-14-29-18/h1-5,7,9-13,18,21-22H,6,8,14-16H2,(H,26,30)/t18-,21-,22+/m1/s1. The summed E-state index contributed by atoms with van der Waals surface area (Å²) in [4.78, 5) is 11.4. The number of rotatable bonds is 6. The molecule has 3 aromatic rings. The SMILES string of the molecule is S=C1N[C@H](c2ccccn2)[C@H](c2cccn2C[C@H]2CCCO2)N1Cc1ccccn1. The van der Waals surface area contributed by atoms with E-state index < -0.39 is 0 Å². The molecular weight excluding hydrogens is 394 g/mol. The van der Waals surface area contributed by atoms with Crippen molar-refractivity contribution in [1.29, 1.82) is 0 Å². The van der Waals surface area contributed by atoms with Crippen molar-refractivity contribution in [2.24, 2.45) is 0 Å². The fourth-order valence-corrected chi connectivity index (χ4v) is 4.74. The van der Waals surface area contributed by atoms with E-state index in [4.69, 9.17) is 17.0 Å². The lowest BCUT2D eigenvalue weighted by atomic mass is 10.0. The van der Waals surface area contributed by atoms with E-state index in [1.807, 2.05) is 42.7 Å². The molecule has 154 valence electrons. The molecule has 1 N–H and O–H groups in total. The molecule has 0 unspecified atom stereocenters. The molecule has 0 spiro atoms. The summed E-state index contributed by atoms with van der Waals surface area (Å²) in [7, 11) is 0. The number of hydrogen-bond acceptors (Lipinski definition) is 4. The van der Waals surface area contributed by atoms with Gasteiger partial charge in [-0.05, 0) is 61.5 Å². The monoisotopic (exact) mass is 419 g/mol. The maximum Gasteiger partial charge on any atom is 0.170 e. The van der Waals surface area contributed by atoms with Gasteiger partial charge in [-0.2, -0.15) is 0 Å². The van der Waals surface area contributed by atoms with Crippen molar-refractivity contribution in [1.82, 2.24) is 24.8 Å². The maximum atomic E-state index is 5.90. The van der Waals surface area contributed by atoms with Crippen molar-refractivity contribution in [3.05, 3.63) is 84.2 Å². The summed E-state index contributed by atoms with van der Waals surface area (Å²) in [5.74, 6) is 0. The van der Waals surface area contributed by atoms with Crippen LogP contribution in [0.2, 0.25) is 0 Å². The summed E-state index contributed by atoms with van der Waals surface area (Å²) >= 11 is 5.78. The quantitative estimate of drug-likeness (QED) is 0.616. The lowest BCUT2D eigenvalue weighted by molar-refractivity contribution is 0.0952. The molecule has 2 saturated heterocycles. The molecule has 0 radical (unpaired) electrons. The molecule has 0 aromatic carbocycles. The summed E-state index contributed by atoms with van der Waals surface area (Å²) < 4.78 is 8.22. The Hall–Kier alpha value is -2.77. The number of nitrogens with one attached hydrogen (secondary N) is 1. The second kappa shape index (κ2) is 8.53. The van der Waals surface area contributed by atoms with E-state index in [0.29, 0.717) is 6.54 Å². The van der Waals surface area contributed by atoms with Gasteiger partial charge < -0.3 is 19.5 Å². The Morgan fingerprint density at radius 2 is 1.93 bits per heavy atom. The van der Waals surface area contributed by atoms with Crippen LogP contribution in [0, 0.1) is 0 Å². The second-order valence-corrected chi connectivity index (χ2v) is 8.18. The van der Waals surface area contributed by atoms with Crippen LogP contribution in [0.15, 0.2) is 67.1 Å². The molecule has 3 aromatic heterocycles. The topological polar surface area (TPSA) is 55.2 Å². The lowest BCUT2D eigenvalue weighted by Crippen LogP contribution is -2.31. The highest BCUT2D eigenvalue weighted by Gasteiger charge is 2.41. The molecule has 0 saturated carbocycles. The van der Waals surface area contributed by atoms with Crippen LogP contribution in [0.5, 0.6) is 0 Å². The normalized spacial score (nSPS) is 23.7. The van der Waals surface area contributed by atoms with E-state index in [9.17, 15) is 0 Å². The van der Waals surface area contributed by atoms with E-state index in [1.54, 1.807) is 0 Å². The van der Waals surface area contributed by atoms with Crippen LogP contribution in [-0.2, 0) is 17.8 Å². The van der Waals surface area contributed by atoms with Gasteiger partial charge in [-0.1, -0.05) is 12.1 Å². The van der Waals surface area contributed by atoms with Gasteiger partial charge in [0, 0.05) is 37.4 Å². The maximum absolute atomic E-state index is 5.90. The predicted molar refractivity (Wildman–Crippen MR) is 119 cm³/mol. The second-order valence-electron chi connectivity index (χ2n) is 7.80. The molecular formula is C23H25N5OS. The first-order chi connectivity index (χ1) is 14.8. The van der Waals surface area contributed by atoms with Crippen LogP contribution in [-0.4, -0.2) is 37.3 Å². The Morgan fingerprint density at radius 1 is 1.07 bits per heavy atom. The third-order valence-corrected chi connectivity index (χ3v) is 6.20. The molecule has 0 bridgehead atoms. The van der Waals surface area contributed by atoms with Gasteiger partial charge in [0.05, 0.1) is 36.1 Å². The molecule has 2 fully saturated rings. The highest BCUT2D eigenvalue weighted by Crippen LogP contribution is 2.39. The molecule has 7 heteroatoms. The van der Waals surface area contributed by atoms with Crippen molar-refractivity contribution < 1.29 is 4.74 Å². The minimum absolute atomic E-state index is 0.0193. The van der Waals surface area contributed by atoms with Crippen LogP contribution in [0.3, 0.4) is 0 Å². The average molecular weight is 420 g/mol. The Kier molecular flexibility index (Phi) is 5.46. The van der Waals surface area contributed by atoms with Gasteiger partial charge >= 0.3 is 0 Å². The summed E-state index contributed by atoms with van der Waals surface area (Å²) in [5.41, 5.74) is 3.19. The third-order valence-electron chi connectivity index (χ3n) is 5.85. The summed E-state index contributed by atoms with van der Waals surface area (Å²) in [6, 6.07) is 16.3. The number of nitrogens with zero attached hydrogens (tertiary/aromatic N) is 4. The van der Waals surface area contributed by atoms with Crippen LogP contribution in [0.25, 0.3) is 0 Å². The molecule has 5 rings (SSSR count). The fraction of sp³-hybridized carbons (Fsp3) is 0.348. The highest BCUT2D eigenvalue weighted by atomic mass is 32.1. The molecule has 2 aliphatic rings. The highest BCUT2D eigenvalue weighted by molar-refractivity contribution is 7.80. The van der Waals surface area contributed by atoms with Crippen LogP contribution >= 0.6 is 12.2 Å². The molecule has 0 amide bonds. The van der Waals surface area contributed by atoms with Crippen molar-refractivity contribution in [2.45, 2.75) is 44.1 Å². The Balaban J connectivity index is 1.51. The van der Waals surface area contributed by atoms with Crippen molar-refractivity contribution in [2.75, 3.05) is 6.61 Å². The Morgan fingerprint density at radius 3 is 2.67 bits per heavy atom. The summed E-state index contributed by atoms with van der Waals surface area (Å²) in [6.07, 6.45) is 8.33. The Labute approximate surface area is 181 Å². The predicted octanol–water partition coefficient (Wildman–Crippen LogP) is 3.63. The summed E-state index contributed by atoms with van der Waals surface area (Å²) in [5, 5.41) is 4.25. The molecule has 30 heavy (non-hydrogen) atoms. The van der Waals surface area contributed by atoms with E-state index in [-0.39, 0.29) is 18.2 Å². The zero-order valence-corrected chi connectivity index (χ0v) is 17.5. The van der Waals surface area contributed by atoms with Gasteiger partial charge in [0.15, 0.2) is 5.11 Å². The van der Waals surface area contributed by atoms with Crippen molar-refractivity contribution in [3.63, 3.8) is 0 Å². The first kappa shape index (κ1) is 19.2. The zero-order chi connectivity index (χ0) is 20.3. The molecule has 2 aliphatic heterocycles. The smallest absolute Gasteiger partial charge is 0.170 e. The fourth-order valence-electron chi connectivity index (χ4n) is 4.43. The van der Waals surface area contributed by atoms with Crippen molar-refractivity contribution >= 4 is 17.3 Å². The average Bonchev–Trinajstić information content (AvgIpc) is 3.52. The minimum Gasteiger partial charge on any atom is -0.376 e. The largest absolute Gasteiger partial charge is 0.376 e. The summed E-state index contributed by atoms with van der Waals surface area (Å²) in [6.45, 7) is 2.36. The first-order valence-corrected chi connectivity index (χ1v) is 10.8. The molecule has 0 aliphatic carbocycles. The van der Waals surface area contributed by atoms with Gasteiger partial charge in [0.2, 0.25) is 0 Å². The van der Waals surface area contributed by atoms with Gasteiger partial charge in [0.25, 0.3) is 0 Å². The van der Waals surface area contributed by atoms with E-state index in [2.05, 4.69) is 49.1 Å². The van der Waals surface area contributed by atoms with Gasteiger partial charge in [0.1, 0.15) is 0 Å². The van der Waals surface area contributed by atoms with Crippen LogP contribution in [0.1, 0.15) is 42.0 Å². The number of aromatic nitrogens is 3. The third kappa shape index (κ3) is 3.82. The van der Waals surface area contributed by atoms with Crippen LogP contribution in [0.4, 0.5) is 0 Å².